The number of rotatable bonds is 4. The number of nitriles is 1. The molecular weight excluding hydrogens is 331 g/mol. The van der Waals surface area contributed by atoms with Crippen LogP contribution in [-0.4, -0.2) is 8.42 Å². The van der Waals surface area contributed by atoms with E-state index in [4.69, 9.17) is 28.5 Å². The summed E-state index contributed by atoms with van der Waals surface area (Å²) in [4.78, 5) is 0.0922. The third kappa shape index (κ3) is 4.19. The zero-order valence-electron chi connectivity index (χ0n) is 10.7. The first kappa shape index (κ1) is 15.8. The van der Waals surface area contributed by atoms with Gasteiger partial charge < -0.3 is 0 Å². The second-order valence-corrected chi connectivity index (χ2v) is 6.88. The van der Waals surface area contributed by atoms with Gasteiger partial charge in [0.25, 0.3) is 0 Å². The zero-order chi connectivity index (χ0) is 15.5. The van der Waals surface area contributed by atoms with Gasteiger partial charge in [0.1, 0.15) is 0 Å². The van der Waals surface area contributed by atoms with Gasteiger partial charge in [-0.2, -0.15) is 5.26 Å². The third-order valence-electron chi connectivity index (χ3n) is 2.68. The van der Waals surface area contributed by atoms with Crippen molar-refractivity contribution in [1.82, 2.24) is 4.72 Å². The molecule has 108 valence electrons. The number of hydrogen-bond acceptors (Lipinski definition) is 3. The molecule has 21 heavy (non-hydrogen) atoms. The number of nitrogens with one attached hydrogen (secondary N) is 1. The van der Waals surface area contributed by atoms with Gasteiger partial charge in [-0.3, -0.25) is 0 Å². The normalized spacial score (nSPS) is 11.1. The maximum absolute atomic E-state index is 12.1. The molecule has 0 aliphatic heterocycles. The number of benzene rings is 2. The largest absolute Gasteiger partial charge is 0.240 e. The fourth-order valence-electron chi connectivity index (χ4n) is 1.68. The van der Waals surface area contributed by atoms with Crippen molar-refractivity contribution in [3.63, 3.8) is 0 Å². The smallest absolute Gasteiger partial charge is 0.207 e. The molecule has 0 heterocycles. The van der Waals surface area contributed by atoms with Crippen LogP contribution in [0.5, 0.6) is 0 Å². The zero-order valence-corrected chi connectivity index (χ0v) is 13.0. The van der Waals surface area contributed by atoms with Crippen LogP contribution < -0.4 is 4.72 Å². The minimum Gasteiger partial charge on any atom is -0.207 e. The van der Waals surface area contributed by atoms with Crippen LogP contribution in [0.15, 0.2) is 47.4 Å². The Morgan fingerprint density at radius 3 is 2.14 bits per heavy atom. The van der Waals surface area contributed by atoms with Crippen LogP contribution in [0.2, 0.25) is 10.0 Å². The van der Waals surface area contributed by atoms with Crippen molar-refractivity contribution in [1.29, 1.82) is 5.26 Å². The van der Waals surface area contributed by atoms with Gasteiger partial charge in [-0.25, -0.2) is 13.1 Å². The van der Waals surface area contributed by atoms with Crippen LogP contribution in [0.3, 0.4) is 0 Å². The maximum Gasteiger partial charge on any atom is 0.240 e. The summed E-state index contributed by atoms with van der Waals surface area (Å²) in [5.41, 5.74) is 1.06. The molecule has 0 aromatic heterocycles. The predicted molar refractivity (Wildman–Crippen MR) is 81.6 cm³/mol. The molecule has 2 rings (SSSR count). The molecule has 0 aliphatic carbocycles. The second kappa shape index (κ2) is 6.46. The molecule has 0 saturated carbocycles. The topological polar surface area (TPSA) is 70.0 Å². The Balaban J connectivity index is 2.15. The van der Waals surface area contributed by atoms with Crippen molar-refractivity contribution in [3.05, 3.63) is 63.6 Å². The van der Waals surface area contributed by atoms with Crippen LogP contribution in [-0.2, 0) is 16.6 Å². The first-order valence-corrected chi connectivity index (χ1v) is 8.09. The lowest BCUT2D eigenvalue weighted by molar-refractivity contribution is 0.581. The van der Waals surface area contributed by atoms with E-state index in [9.17, 15) is 8.42 Å². The van der Waals surface area contributed by atoms with Gasteiger partial charge in [-0.1, -0.05) is 23.2 Å². The van der Waals surface area contributed by atoms with Gasteiger partial charge in [0, 0.05) is 16.6 Å². The van der Waals surface area contributed by atoms with E-state index in [0.717, 1.165) is 0 Å². The highest BCUT2D eigenvalue weighted by Crippen LogP contribution is 2.19. The molecule has 0 fully saturated rings. The molecule has 2 aromatic carbocycles. The third-order valence-corrected chi connectivity index (χ3v) is 4.54. The summed E-state index contributed by atoms with van der Waals surface area (Å²) in [5.74, 6) is 0. The van der Waals surface area contributed by atoms with Crippen molar-refractivity contribution in [2.75, 3.05) is 0 Å². The summed E-state index contributed by atoms with van der Waals surface area (Å²) >= 11 is 11.7. The molecule has 0 amide bonds. The van der Waals surface area contributed by atoms with Crippen molar-refractivity contribution in [2.45, 2.75) is 11.4 Å². The first-order chi connectivity index (χ1) is 9.90. The molecule has 1 N–H and O–H groups in total. The average molecular weight is 341 g/mol. The molecule has 2 aromatic rings. The van der Waals surface area contributed by atoms with E-state index >= 15 is 0 Å². The van der Waals surface area contributed by atoms with Crippen molar-refractivity contribution >= 4 is 33.2 Å². The Labute approximate surface area is 133 Å². The fraction of sp³-hybridized carbons (Fsp3) is 0.0714. The number of hydrogen-bond donors (Lipinski definition) is 1. The number of sulfonamides is 1. The molecule has 0 bridgehead atoms. The molecule has 0 aliphatic rings. The summed E-state index contributed by atoms with van der Waals surface area (Å²) < 4.78 is 26.7. The van der Waals surface area contributed by atoms with E-state index in [1.54, 1.807) is 18.2 Å². The lowest BCUT2D eigenvalue weighted by atomic mass is 10.2. The number of halogens is 2. The summed E-state index contributed by atoms with van der Waals surface area (Å²) in [6, 6.07) is 12.4. The summed E-state index contributed by atoms with van der Waals surface area (Å²) in [6.45, 7) is 0.0720. The highest BCUT2D eigenvalue weighted by atomic mass is 35.5. The average Bonchev–Trinajstić information content (AvgIpc) is 2.44. The summed E-state index contributed by atoms with van der Waals surface area (Å²) in [5, 5.41) is 9.58. The Kier molecular flexibility index (Phi) is 4.86. The van der Waals surface area contributed by atoms with Gasteiger partial charge in [0.05, 0.1) is 16.5 Å². The van der Waals surface area contributed by atoms with E-state index in [2.05, 4.69) is 4.72 Å². The molecule has 7 heteroatoms. The lowest BCUT2D eigenvalue weighted by Crippen LogP contribution is -2.23. The Hall–Kier alpha value is -1.58. The predicted octanol–water partition coefficient (Wildman–Crippen LogP) is 3.34. The SMILES string of the molecule is N#Cc1ccc(S(=O)(=O)NCc2cc(Cl)cc(Cl)c2)cc1. The highest BCUT2D eigenvalue weighted by molar-refractivity contribution is 7.89. The van der Waals surface area contributed by atoms with E-state index in [0.29, 0.717) is 21.2 Å². The molecule has 0 unspecified atom stereocenters. The minimum absolute atomic E-state index is 0.0720. The standard InChI is InChI=1S/C14H10Cl2N2O2S/c15-12-5-11(6-13(16)7-12)9-18-21(19,20)14-3-1-10(8-17)2-4-14/h1-7,18H,9H2. The second-order valence-electron chi connectivity index (χ2n) is 4.24. The Bertz CT molecular complexity index is 776. The fourth-order valence-corrected chi connectivity index (χ4v) is 3.27. The highest BCUT2D eigenvalue weighted by Gasteiger charge is 2.13. The van der Waals surface area contributed by atoms with Crippen LogP contribution >= 0.6 is 23.2 Å². The van der Waals surface area contributed by atoms with E-state index < -0.39 is 10.0 Å². The quantitative estimate of drug-likeness (QED) is 0.927. The molecular formula is C14H10Cl2N2O2S. The van der Waals surface area contributed by atoms with E-state index in [-0.39, 0.29) is 11.4 Å². The molecule has 0 atom stereocenters. The molecule has 0 radical (unpaired) electrons. The lowest BCUT2D eigenvalue weighted by Gasteiger charge is -2.07. The summed E-state index contributed by atoms with van der Waals surface area (Å²) in [6.07, 6.45) is 0. The van der Waals surface area contributed by atoms with Crippen molar-refractivity contribution in [3.8, 4) is 6.07 Å². The number of nitrogens with zero attached hydrogens (tertiary/aromatic N) is 1. The maximum atomic E-state index is 12.1. The Morgan fingerprint density at radius 2 is 1.62 bits per heavy atom. The molecule has 4 nitrogen and oxygen atoms in total. The van der Waals surface area contributed by atoms with Gasteiger partial charge in [0.2, 0.25) is 10.0 Å². The monoisotopic (exact) mass is 340 g/mol. The molecule has 0 spiro atoms. The van der Waals surface area contributed by atoms with Crippen LogP contribution in [0.25, 0.3) is 0 Å². The van der Waals surface area contributed by atoms with E-state index in [1.807, 2.05) is 6.07 Å². The van der Waals surface area contributed by atoms with E-state index in [1.165, 1.54) is 24.3 Å². The summed E-state index contributed by atoms with van der Waals surface area (Å²) in [7, 11) is -3.65. The van der Waals surface area contributed by atoms with Crippen molar-refractivity contribution < 1.29 is 8.42 Å². The van der Waals surface area contributed by atoms with Gasteiger partial charge >= 0.3 is 0 Å². The first-order valence-electron chi connectivity index (χ1n) is 5.85. The van der Waals surface area contributed by atoms with Crippen LogP contribution in [0, 0.1) is 11.3 Å². The van der Waals surface area contributed by atoms with Gasteiger partial charge in [0.15, 0.2) is 0 Å². The van der Waals surface area contributed by atoms with Crippen LogP contribution in [0.4, 0.5) is 0 Å². The molecule has 0 saturated heterocycles. The van der Waals surface area contributed by atoms with Crippen LogP contribution in [0.1, 0.15) is 11.1 Å². The Morgan fingerprint density at radius 1 is 1.05 bits per heavy atom. The van der Waals surface area contributed by atoms with Gasteiger partial charge in [-0.15, -0.1) is 0 Å². The minimum atomic E-state index is -3.65. The van der Waals surface area contributed by atoms with Crippen molar-refractivity contribution in [2.24, 2.45) is 0 Å². The van der Waals surface area contributed by atoms with Gasteiger partial charge in [-0.05, 0) is 48.0 Å².